The maximum Gasteiger partial charge on any atom is 0.326 e. The highest BCUT2D eigenvalue weighted by Crippen LogP contribution is 2.35. The molecule has 0 aliphatic heterocycles. The second-order valence-corrected chi connectivity index (χ2v) is 8.96. The third-order valence-corrected chi connectivity index (χ3v) is 6.33. The van der Waals surface area contributed by atoms with Gasteiger partial charge in [-0.15, -0.1) is 0 Å². The Balaban J connectivity index is 1.64. The standard InChI is InChI=1S/C30H36N2O6/c1-20-23(12-8-13-25(20)22-10-6-5-7-11-22)19-38-24-16-28(36-3)26(29(17-24)37-4)18-31-15-9-14-27(30(34)35)32-21(2)33/h5-8,10-13,16-17,27,31H,9,14-15,18-19H2,1-4H3,(H,32,33)(H,34,35)/t27-/m0/s1. The first-order valence-electron chi connectivity index (χ1n) is 12.6. The van der Waals surface area contributed by atoms with E-state index in [1.54, 1.807) is 14.2 Å². The lowest BCUT2D eigenvalue weighted by atomic mass is 9.97. The quantitative estimate of drug-likeness (QED) is 0.264. The molecule has 38 heavy (non-hydrogen) atoms. The number of amides is 1. The van der Waals surface area contributed by atoms with Gasteiger partial charge in [-0.1, -0.05) is 48.5 Å². The fourth-order valence-corrected chi connectivity index (χ4v) is 4.30. The number of rotatable bonds is 14. The molecule has 0 heterocycles. The molecule has 3 aromatic rings. The van der Waals surface area contributed by atoms with Gasteiger partial charge in [0.15, 0.2) is 0 Å². The summed E-state index contributed by atoms with van der Waals surface area (Å²) in [4.78, 5) is 22.5. The summed E-state index contributed by atoms with van der Waals surface area (Å²) >= 11 is 0. The summed E-state index contributed by atoms with van der Waals surface area (Å²) in [5, 5.41) is 15.0. The van der Waals surface area contributed by atoms with Crippen LogP contribution >= 0.6 is 0 Å². The van der Waals surface area contributed by atoms with Gasteiger partial charge in [-0.05, 0) is 48.6 Å². The van der Waals surface area contributed by atoms with Gasteiger partial charge in [0, 0.05) is 25.6 Å². The maximum absolute atomic E-state index is 11.3. The lowest BCUT2D eigenvalue weighted by Crippen LogP contribution is -2.39. The highest BCUT2D eigenvalue weighted by molar-refractivity contribution is 5.82. The normalized spacial score (nSPS) is 11.5. The van der Waals surface area contributed by atoms with Crippen molar-refractivity contribution in [1.29, 1.82) is 0 Å². The van der Waals surface area contributed by atoms with Crippen molar-refractivity contribution >= 4 is 11.9 Å². The number of carbonyl (C=O) groups excluding carboxylic acids is 1. The number of carbonyl (C=O) groups is 2. The van der Waals surface area contributed by atoms with Crippen LogP contribution < -0.4 is 24.8 Å². The second kappa shape index (κ2) is 14.0. The van der Waals surface area contributed by atoms with E-state index in [-0.39, 0.29) is 5.91 Å². The smallest absolute Gasteiger partial charge is 0.326 e. The van der Waals surface area contributed by atoms with E-state index in [2.05, 4.69) is 41.8 Å². The Morgan fingerprint density at radius 1 is 0.974 bits per heavy atom. The Morgan fingerprint density at radius 2 is 1.66 bits per heavy atom. The molecule has 1 amide bonds. The molecule has 0 bridgehead atoms. The Bertz CT molecular complexity index is 1200. The topological polar surface area (TPSA) is 106 Å². The zero-order chi connectivity index (χ0) is 27.5. The van der Waals surface area contributed by atoms with Gasteiger partial charge in [0.25, 0.3) is 0 Å². The summed E-state index contributed by atoms with van der Waals surface area (Å²) in [6.45, 7) is 4.83. The fraction of sp³-hybridized carbons (Fsp3) is 0.333. The van der Waals surface area contributed by atoms with Crippen LogP contribution in [0.4, 0.5) is 0 Å². The van der Waals surface area contributed by atoms with E-state index >= 15 is 0 Å². The number of benzene rings is 3. The lowest BCUT2D eigenvalue weighted by molar-refractivity contribution is -0.141. The van der Waals surface area contributed by atoms with Crippen LogP contribution in [0.2, 0.25) is 0 Å². The van der Waals surface area contributed by atoms with E-state index in [1.165, 1.54) is 23.6 Å². The van der Waals surface area contributed by atoms with Gasteiger partial charge in [0.1, 0.15) is 29.9 Å². The fourth-order valence-electron chi connectivity index (χ4n) is 4.30. The van der Waals surface area contributed by atoms with Crippen molar-refractivity contribution in [2.24, 2.45) is 0 Å². The third kappa shape index (κ3) is 7.73. The van der Waals surface area contributed by atoms with E-state index in [4.69, 9.17) is 14.2 Å². The van der Waals surface area contributed by atoms with Crippen molar-refractivity contribution in [3.8, 4) is 28.4 Å². The van der Waals surface area contributed by atoms with Crippen LogP contribution in [0.1, 0.15) is 36.5 Å². The molecule has 8 nitrogen and oxygen atoms in total. The summed E-state index contributed by atoms with van der Waals surface area (Å²) in [5.74, 6) is 0.486. The largest absolute Gasteiger partial charge is 0.496 e. The molecule has 0 saturated heterocycles. The van der Waals surface area contributed by atoms with Crippen LogP contribution in [0.25, 0.3) is 11.1 Å². The summed E-state index contributed by atoms with van der Waals surface area (Å²) in [5.41, 5.74) is 5.44. The third-order valence-electron chi connectivity index (χ3n) is 6.33. The molecule has 0 unspecified atom stereocenters. The minimum atomic E-state index is -1.04. The molecule has 0 aliphatic rings. The number of carboxylic acid groups (broad SMARTS) is 1. The van der Waals surface area contributed by atoms with E-state index in [9.17, 15) is 14.7 Å². The van der Waals surface area contributed by atoms with Crippen LogP contribution in [0, 0.1) is 6.92 Å². The second-order valence-electron chi connectivity index (χ2n) is 8.96. The number of methoxy groups -OCH3 is 2. The monoisotopic (exact) mass is 520 g/mol. The number of hydrogen-bond acceptors (Lipinski definition) is 6. The van der Waals surface area contributed by atoms with Crippen LogP contribution in [-0.2, 0) is 22.7 Å². The van der Waals surface area contributed by atoms with Gasteiger partial charge >= 0.3 is 5.97 Å². The molecule has 8 heteroatoms. The SMILES string of the molecule is COc1cc(OCc2cccc(-c3ccccc3)c2C)cc(OC)c1CNCCC[C@H](NC(C)=O)C(=O)O. The van der Waals surface area contributed by atoms with Gasteiger partial charge in [-0.3, -0.25) is 4.79 Å². The van der Waals surface area contributed by atoms with Gasteiger partial charge in [-0.2, -0.15) is 0 Å². The van der Waals surface area contributed by atoms with Crippen LogP contribution in [0.15, 0.2) is 60.7 Å². The first-order valence-corrected chi connectivity index (χ1v) is 12.6. The molecule has 3 rings (SSSR count). The minimum Gasteiger partial charge on any atom is -0.496 e. The summed E-state index contributed by atoms with van der Waals surface area (Å²) in [6, 6.07) is 19.3. The van der Waals surface area contributed by atoms with Gasteiger partial charge in [0.2, 0.25) is 5.91 Å². The average Bonchev–Trinajstić information content (AvgIpc) is 2.91. The first kappa shape index (κ1) is 28.5. The lowest BCUT2D eigenvalue weighted by Gasteiger charge is -2.18. The zero-order valence-electron chi connectivity index (χ0n) is 22.4. The number of aliphatic carboxylic acids is 1. The number of nitrogens with one attached hydrogen (secondary N) is 2. The maximum atomic E-state index is 11.3. The Labute approximate surface area is 223 Å². The molecule has 0 aromatic heterocycles. The molecular weight excluding hydrogens is 484 g/mol. The predicted molar refractivity (Wildman–Crippen MR) is 147 cm³/mol. The molecule has 3 N–H and O–H groups in total. The summed E-state index contributed by atoms with van der Waals surface area (Å²) < 4.78 is 17.4. The molecule has 3 aromatic carbocycles. The van der Waals surface area contributed by atoms with E-state index in [1.807, 2.05) is 36.4 Å². The molecular formula is C30H36N2O6. The molecule has 0 fully saturated rings. The Morgan fingerprint density at radius 3 is 2.26 bits per heavy atom. The van der Waals surface area contributed by atoms with Crippen LogP contribution in [0.5, 0.6) is 17.2 Å². The van der Waals surface area contributed by atoms with E-state index < -0.39 is 12.0 Å². The average molecular weight is 521 g/mol. The number of hydrogen-bond donors (Lipinski definition) is 3. The van der Waals surface area contributed by atoms with Crippen molar-refractivity contribution in [2.45, 2.75) is 45.9 Å². The van der Waals surface area contributed by atoms with Crippen molar-refractivity contribution in [3.05, 3.63) is 77.4 Å². The zero-order valence-corrected chi connectivity index (χ0v) is 22.4. The van der Waals surface area contributed by atoms with Crippen molar-refractivity contribution < 1.29 is 28.9 Å². The highest BCUT2D eigenvalue weighted by atomic mass is 16.5. The first-order chi connectivity index (χ1) is 18.3. The molecule has 1 atom stereocenters. The minimum absolute atomic E-state index is 0.327. The molecule has 0 spiro atoms. The molecule has 202 valence electrons. The predicted octanol–water partition coefficient (Wildman–Crippen LogP) is 4.72. The molecule has 0 aliphatic carbocycles. The van der Waals surface area contributed by atoms with E-state index in [0.29, 0.717) is 49.8 Å². The van der Waals surface area contributed by atoms with Gasteiger partial charge < -0.3 is 30.0 Å². The van der Waals surface area contributed by atoms with Crippen molar-refractivity contribution in [1.82, 2.24) is 10.6 Å². The highest BCUT2D eigenvalue weighted by Gasteiger charge is 2.18. The van der Waals surface area contributed by atoms with Crippen LogP contribution in [-0.4, -0.2) is 43.8 Å². The molecule has 0 saturated carbocycles. The van der Waals surface area contributed by atoms with Crippen molar-refractivity contribution in [2.75, 3.05) is 20.8 Å². The van der Waals surface area contributed by atoms with Gasteiger partial charge in [0.05, 0.1) is 19.8 Å². The van der Waals surface area contributed by atoms with Crippen molar-refractivity contribution in [3.63, 3.8) is 0 Å². The molecule has 0 radical (unpaired) electrons. The number of ether oxygens (including phenoxy) is 3. The summed E-state index contributed by atoms with van der Waals surface area (Å²) in [7, 11) is 3.20. The Hall–Kier alpha value is -4.04. The van der Waals surface area contributed by atoms with Crippen LogP contribution in [0.3, 0.4) is 0 Å². The van der Waals surface area contributed by atoms with E-state index in [0.717, 1.165) is 11.1 Å². The Kier molecular flexibility index (Phi) is 10.5. The number of carboxylic acids is 1. The van der Waals surface area contributed by atoms with Gasteiger partial charge in [-0.25, -0.2) is 4.79 Å². The summed E-state index contributed by atoms with van der Waals surface area (Å²) in [6.07, 6.45) is 0.901.